The van der Waals surface area contributed by atoms with Crippen LogP contribution in [-0.4, -0.2) is 23.4 Å². The van der Waals surface area contributed by atoms with E-state index >= 15 is 0 Å². The quantitative estimate of drug-likeness (QED) is 0.850. The van der Waals surface area contributed by atoms with Gasteiger partial charge in [0.15, 0.2) is 0 Å². The highest BCUT2D eigenvalue weighted by atomic mass is 32.1. The van der Waals surface area contributed by atoms with Crippen LogP contribution in [0.4, 0.5) is 0 Å². The smallest absolute Gasteiger partial charge is 0.227 e. The zero-order valence-corrected chi connectivity index (χ0v) is 10.4. The van der Waals surface area contributed by atoms with E-state index in [0.29, 0.717) is 12.6 Å². The van der Waals surface area contributed by atoms with Gasteiger partial charge in [0.05, 0.1) is 0 Å². The maximum Gasteiger partial charge on any atom is 0.227 e. The van der Waals surface area contributed by atoms with Gasteiger partial charge in [-0.05, 0) is 35.2 Å². The van der Waals surface area contributed by atoms with Crippen LogP contribution < -0.4 is 5.73 Å². The van der Waals surface area contributed by atoms with E-state index < -0.39 is 0 Å². The van der Waals surface area contributed by atoms with Crippen molar-refractivity contribution in [3.8, 4) is 0 Å². The molecule has 2 N–H and O–H groups in total. The van der Waals surface area contributed by atoms with Gasteiger partial charge in [-0.25, -0.2) is 0 Å². The average Bonchev–Trinajstić information content (AvgIpc) is 3.01. The summed E-state index contributed by atoms with van der Waals surface area (Å²) in [5.74, 6) is 0.149. The summed E-state index contributed by atoms with van der Waals surface area (Å²) < 4.78 is 0. The first-order chi connectivity index (χ1) is 7.72. The number of carbonyl (C=O) groups is 1. The maximum atomic E-state index is 12.1. The molecule has 1 aliphatic rings. The molecule has 0 spiro atoms. The second-order valence-corrected chi connectivity index (χ2v) is 5.25. The number of thiophene rings is 1. The van der Waals surface area contributed by atoms with Crippen LogP contribution in [0.2, 0.25) is 0 Å². The van der Waals surface area contributed by atoms with Crippen molar-refractivity contribution in [3.63, 3.8) is 0 Å². The summed E-state index contributed by atoms with van der Waals surface area (Å²) in [6, 6.07) is 2.54. The van der Waals surface area contributed by atoms with E-state index in [1.54, 1.807) is 11.3 Å². The molecular weight excluding hydrogens is 220 g/mol. The van der Waals surface area contributed by atoms with Crippen molar-refractivity contribution in [2.45, 2.75) is 32.4 Å². The van der Waals surface area contributed by atoms with E-state index in [0.717, 1.165) is 19.4 Å². The lowest BCUT2D eigenvalue weighted by Crippen LogP contribution is -2.38. The van der Waals surface area contributed by atoms with Gasteiger partial charge in [-0.2, -0.15) is 11.3 Å². The molecule has 1 aliphatic carbocycles. The number of hydrogen-bond acceptors (Lipinski definition) is 3. The maximum absolute atomic E-state index is 12.1. The Bertz CT molecular complexity index is 346. The van der Waals surface area contributed by atoms with Crippen LogP contribution in [0.5, 0.6) is 0 Å². The molecule has 4 heteroatoms. The topological polar surface area (TPSA) is 46.3 Å². The van der Waals surface area contributed by atoms with Gasteiger partial charge >= 0.3 is 0 Å². The molecule has 0 bridgehead atoms. The predicted octanol–water partition coefficient (Wildman–Crippen LogP) is 1.83. The van der Waals surface area contributed by atoms with E-state index in [2.05, 4.69) is 16.8 Å². The number of amides is 1. The van der Waals surface area contributed by atoms with Crippen LogP contribution in [-0.2, 0) is 11.3 Å². The van der Waals surface area contributed by atoms with Gasteiger partial charge in [0.1, 0.15) is 0 Å². The third-order valence-electron chi connectivity index (χ3n) is 2.98. The highest BCUT2D eigenvalue weighted by Gasteiger charge is 2.34. The highest BCUT2D eigenvalue weighted by molar-refractivity contribution is 7.07. The third-order valence-corrected chi connectivity index (χ3v) is 3.71. The standard InChI is InChI=1S/C12H18N2OS/c1-9(6-13)12(15)14(11-2-3-11)7-10-4-5-16-8-10/h4-5,8-9,11H,2-3,6-7,13H2,1H3. The molecular formula is C12H18N2OS. The lowest BCUT2D eigenvalue weighted by atomic mass is 10.1. The molecule has 1 amide bonds. The summed E-state index contributed by atoms with van der Waals surface area (Å²) in [7, 11) is 0. The zero-order chi connectivity index (χ0) is 11.5. The van der Waals surface area contributed by atoms with Gasteiger partial charge in [0.2, 0.25) is 5.91 Å². The van der Waals surface area contributed by atoms with E-state index in [1.807, 2.05) is 11.8 Å². The molecule has 0 aromatic carbocycles. The Labute approximate surface area is 100 Å². The average molecular weight is 238 g/mol. The largest absolute Gasteiger partial charge is 0.335 e. The fraction of sp³-hybridized carbons (Fsp3) is 0.583. The lowest BCUT2D eigenvalue weighted by molar-refractivity contribution is -0.135. The Hall–Kier alpha value is -0.870. The molecule has 1 atom stereocenters. The van der Waals surface area contributed by atoms with Crippen molar-refractivity contribution in [2.24, 2.45) is 11.7 Å². The molecule has 3 nitrogen and oxygen atoms in total. The monoisotopic (exact) mass is 238 g/mol. The number of rotatable bonds is 5. The number of carbonyl (C=O) groups excluding carboxylic acids is 1. The number of nitrogens with two attached hydrogens (primary N) is 1. The van der Waals surface area contributed by atoms with Crippen molar-refractivity contribution in [1.82, 2.24) is 4.90 Å². The van der Waals surface area contributed by atoms with Gasteiger partial charge in [-0.15, -0.1) is 0 Å². The molecule has 0 saturated heterocycles. The fourth-order valence-corrected chi connectivity index (χ4v) is 2.40. The molecule has 1 saturated carbocycles. The van der Waals surface area contributed by atoms with Gasteiger partial charge in [-0.1, -0.05) is 6.92 Å². The number of nitrogens with zero attached hydrogens (tertiary/aromatic N) is 1. The van der Waals surface area contributed by atoms with Crippen molar-refractivity contribution in [3.05, 3.63) is 22.4 Å². The molecule has 1 heterocycles. The second-order valence-electron chi connectivity index (χ2n) is 4.47. The zero-order valence-electron chi connectivity index (χ0n) is 9.56. The summed E-state index contributed by atoms with van der Waals surface area (Å²) in [5.41, 5.74) is 6.79. The summed E-state index contributed by atoms with van der Waals surface area (Å²) in [4.78, 5) is 14.1. The minimum atomic E-state index is -0.0563. The van der Waals surface area contributed by atoms with Gasteiger partial charge in [0, 0.05) is 25.0 Å². The molecule has 1 unspecified atom stereocenters. The first-order valence-corrected chi connectivity index (χ1v) is 6.68. The van der Waals surface area contributed by atoms with E-state index in [-0.39, 0.29) is 11.8 Å². The molecule has 1 aromatic heterocycles. The first-order valence-electron chi connectivity index (χ1n) is 5.74. The molecule has 2 rings (SSSR count). The summed E-state index contributed by atoms with van der Waals surface area (Å²) in [5, 5.41) is 4.16. The Morgan fingerprint density at radius 3 is 2.94 bits per heavy atom. The van der Waals surface area contributed by atoms with E-state index in [9.17, 15) is 4.79 Å². The van der Waals surface area contributed by atoms with Gasteiger partial charge in [0.25, 0.3) is 0 Å². The first kappa shape index (κ1) is 11.6. The van der Waals surface area contributed by atoms with Crippen molar-refractivity contribution >= 4 is 17.2 Å². The Morgan fingerprint density at radius 2 is 2.44 bits per heavy atom. The fourth-order valence-electron chi connectivity index (χ4n) is 1.74. The molecule has 0 radical (unpaired) electrons. The van der Waals surface area contributed by atoms with Crippen molar-refractivity contribution in [1.29, 1.82) is 0 Å². The second kappa shape index (κ2) is 4.97. The van der Waals surface area contributed by atoms with E-state index in [4.69, 9.17) is 5.73 Å². The minimum Gasteiger partial charge on any atom is -0.335 e. The lowest BCUT2D eigenvalue weighted by Gasteiger charge is -2.24. The Kier molecular flexibility index (Phi) is 3.61. The highest BCUT2D eigenvalue weighted by Crippen LogP contribution is 2.29. The summed E-state index contributed by atoms with van der Waals surface area (Å²) in [6.07, 6.45) is 2.29. The molecule has 16 heavy (non-hydrogen) atoms. The van der Waals surface area contributed by atoms with Gasteiger partial charge in [-0.3, -0.25) is 4.79 Å². The minimum absolute atomic E-state index is 0.0563. The molecule has 1 aromatic rings. The molecule has 1 fully saturated rings. The van der Waals surface area contributed by atoms with Crippen LogP contribution in [0.25, 0.3) is 0 Å². The third kappa shape index (κ3) is 2.62. The van der Waals surface area contributed by atoms with Crippen molar-refractivity contribution < 1.29 is 4.79 Å². The Morgan fingerprint density at radius 1 is 1.69 bits per heavy atom. The SMILES string of the molecule is CC(CN)C(=O)N(Cc1ccsc1)C1CC1. The normalized spacial score (nSPS) is 17.1. The van der Waals surface area contributed by atoms with Gasteiger partial charge < -0.3 is 10.6 Å². The predicted molar refractivity (Wildman–Crippen MR) is 66.1 cm³/mol. The summed E-state index contributed by atoms with van der Waals surface area (Å²) >= 11 is 1.68. The van der Waals surface area contributed by atoms with Crippen LogP contribution in [0.15, 0.2) is 16.8 Å². The van der Waals surface area contributed by atoms with Crippen LogP contribution in [0.1, 0.15) is 25.3 Å². The molecule has 0 aliphatic heterocycles. The van der Waals surface area contributed by atoms with Crippen molar-refractivity contribution in [2.75, 3.05) is 6.54 Å². The number of hydrogen-bond donors (Lipinski definition) is 1. The molecule has 88 valence electrons. The van der Waals surface area contributed by atoms with E-state index in [1.165, 1.54) is 5.56 Å². The summed E-state index contributed by atoms with van der Waals surface area (Å²) in [6.45, 7) is 3.09. The van der Waals surface area contributed by atoms with Crippen LogP contribution >= 0.6 is 11.3 Å². The Balaban J connectivity index is 2.02. The van der Waals surface area contributed by atoms with Crippen LogP contribution in [0, 0.1) is 5.92 Å². The van der Waals surface area contributed by atoms with Crippen LogP contribution in [0.3, 0.4) is 0 Å².